The number of piperidine rings is 1. The van der Waals surface area contributed by atoms with Gasteiger partial charge < -0.3 is 11.1 Å². The zero-order chi connectivity index (χ0) is 11.1. The second-order valence-electron chi connectivity index (χ2n) is 3.95. The summed E-state index contributed by atoms with van der Waals surface area (Å²) in [4.78, 5) is 13.7. The first kappa shape index (κ1) is 12.2. The smallest absolute Gasteiger partial charge is 0.234 e. The van der Waals surface area contributed by atoms with Crippen LogP contribution in [0.25, 0.3) is 0 Å². The van der Waals surface area contributed by atoms with Gasteiger partial charge in [-0.1, -0.05) is 12.5 Å². The minimum absolute atomic E-state index is 0.0650. The lowest BCUT2D eigenvalue weighted by Crippen LogP contribution is -2.48. The minimum atomic E-state index is 0.0650. The summed E-state index contributed by atoms with van der Waals surface area (Å²) in [6.07, 6.45) is 5.21. The fourth-order valence-electron chi connectivity index (χ4n) is 1.96. The molecule has 1 fully saturated rings. The van der Waals surface area contributed by atoms with E-state index in [1.54, 1.807) is 6.08 Å². The average Bonchev–Trinajstić information content (AvgIpc) is 2.27. The summed E-state index contributed by atoms with van der Waals surface area (Å²) < 4.78 is 0. The SMILES string of the molecule is C=CCNC(=O)CN1CCCCC1CN. The van der Waals surface area contributed by atoms with E-state index in [1.165, 1.54) is 12.8 Å². The van der Waals surface area contributed by atoms with Crippen LogP contribution in [0.3, 0.4) is 0 Å². The molecular weight excluding hydrogens is 190 g/mol. The third kappa shape index (κ3) is 4.01. The van der Waals surface area contributed by atoms with E-state index in [9.17, 15) is 4.79 Å². The van der Waals surface area contributed by atoms with Crippen molar-refractivity contribution in [3.63, 3.8) is 0 Å². The lowest BCUT2D eigenvalue weighted by atomic mass is 10.0. The van der Waals surface area contributed by atoms with Crippen LogP contribution in [-0.2, 0) is 4.79 Å². The van der Waals surface area contributed by atoms with Crippen molar-refractivity contribution in [2.75, 3.05) is 26.2 Å². The molecule has 1 heterocycles. The predicted molar refractivity (Wildman–Crippen MR) is 61.5 cm³/mol. The molecule has 0 aromatic heterocycles. The molecule has 0 radical (unpaired) electrons. The first-order valence-corrected chi connectivity index (χ1v) is 5.59. The van der Waals surface area contributed by atoms with Crippen molar-refractivity contribution in [3.8, 4) is 0 Å². The molecule has 15 heavy (non-hydrogen) atoms. The second kappa shape index (κ2) is 6.58. The average molecular weight is 211 g/mol. The number of nitrogens with zero attached hydrogens (tertiary/aromatic N) is 1. The molecule has 0 bridgehead atoms. The van der Waals surface area contributed by atoms with Crippen LogP contribution >= 0.6 is 0 Å². The summed E-state index contributed by atoms with van der Waals surface area (Å²) in [5, 5.41) is 2.78. The zero-order valence-corrected chi connectivity index (χ0v) is 9.24. The summed E-state index contributed by atoms with van der Waals surface area (Å²) in [5.41, 5.74) is 5.68. The number of likely N-dealkylation sites (tertiary alicyclic amines) is 1. The summed E-state index contributed by atoms with van der Waals surface area (Å²) >= 11 is 0. The third-order valence-electron chi connectivity index (χ3n) is 2.81. The Morgan fingerprint density at radius 2 is 2.40 bits per heavy atom. The van der Waals surface area contributed by atoms with E-state index in [2.05, 4.69) is 16.8 Å². The first-order chi connectivity index (χ1) is 7.27. The Morgan fingerprint density at radius 1 is 1.60 bits per heavy atom. The Bertz CT molecular complexity index is 218. The largest absolute Gasteiger partial charge is 0.352 e. The molecule has 0 aromatic rings. The van der Waals surface area contributed by atoms with Crippen LogP contribution in [0.1, 0.15) is 19.3 Å². The van der Waals surface area contributed by atoms with Crippen molar-refractivity contribution in [1.29, 1.82) is 0 Å². The van der Waals surface area contributed by atoms with E-state index in [0.29, 0.717) is 25.7 Å². The summed E-state index contributed by atoms with van der Waals surface area (Å²) in [6.45, 7) is 6.21. The normalized spacial score (nSPS) is 22.3. The standard InChI is InChI=1S/C11H21N3O/c1-2-6-13-11(15)9-14-7-4-3-5-10(14)8-12/h2,10H,1,3-9,12H2,(H,13,15). The van der Waals surface area contributed by atoms with Gasteiger partial charge in [0.15, 0.2) is 0 Å². The van der Waals surface area contributed by atoms with Crippen LogP contribution in [0.15, 0.2) is 12.7 Å². The number of hydrogen-bond donors (Lipinski definition) is 2. The van der Waals surface area contributed by atoms with E-state index < -0.39 is 0 Å². The van der Waals surface area contributed by atoms with Crippen LogP contribution in [0, 0.1) is 0 Å². The van der Waals surface area contributed by atoms with Crippen LogP contribution in [0.5, 0.6) is 0 Å². The Kier molecular flexibility index (Phi) is 5.36. The lowest BCUT2D eigenvalue weighted by molar-refractivity contribution is -0.122. The molecule has 4 nitrogen and oxygen atoms in total. The van der Waals surface area contributed by atoms with Crippen molar-refractivity contribution in [1.82, 2.24) is 10.2 Å². The second-order valence-corrected chi connectivity index (χ2v) is 3.95. The molecule has 0 saturated carbocycles. The third-order valence-corrected chi connectivity index (χ3v) is 2.81. The maximum Gasteiger partial charge on any atom is 0.234 e. The van der Waals surface area contributed by atoms with Gasteiger partial charge in [-0.2, -0.15) is 0 Å². The number of nitrogens with two attached hydrogens (primary N) is 1. The molecule has 3 N–H and O–H groups in total. The molecule has 0 aliphatic carbocycles. The van der Waals surface area contributed by atoms with Crippen LogP contribution in [0.2, 0.25) is 0 Å². The quantitative estimate of drug-likeness (QED) is 0.634. The van der Waals surface area contributed by atoms with Crippen molar-refractivity contribution in [2.24, 2.45) is 5.73 Å². The van der Waals surface area contributed by atoms with Gasteiger partial charge in [-0.15, -0.1) is 6.58 Å². The highest BCUT2D eigenvalue weighted by atomic mass is 16.2. The van der Waals surface area contributed by atoms with Gasteiger partial charge in [0.1, 0.15) is 0 Å². The number of nitrogens with one attached hydrogen (secondary N) is 1. The highest BCUT2D eigenvalue weighted by Crippen LogP contribution is 2.15. The molecule has 1 amide bonds. The van der Waals surface area contributed by atoms with E-state index >= 15 is 0 Å². The van der Waals surface area contributed by atoms with Crippen molar-refractivity contribution in [2.45, 2.75) is 25.3 Å². The van der Waals surface area contributed by atoms with Crippen LogP contribution < -0.4 is 11.1 Å². The molecule has 4 heteroatoms. The van der Waals surface area contributed by atoms with E-state index in [4.69, 9.17) is 5.73 Å². The van der Waals surface area contributed by atoms with Gasteiger partial charge in [0, 0.05) is 19.1 Å². The van der Waals surface area contributed by atoms with Gasteiger partial charge in [0.2, 0.25) is 5.91 Å². The van der Waals surface area contributed by atoms with Gasteiger partial charge in [-0.25, -0.2) is 0 Å². The number of carbonyl (C=O) groups excluding carboxylic acids is 1. The minimum Gasteiger partial charge on any atom is -0.352 e. The molecule has 0 aromatic carbocycles. The fourth-order valence-corrected chi connectivity index (χ4v) is 1.96. The number of rotatable bonds is 5. The summed E-state index contributed by atoms with van der Waals surface area (Å²) in [7, 11) is 0. The topological polar surface area (TPSA) is 58.4 Å². The molecular formula is C11H21N3O. The van der Waals surface area contributed by atoms with Crippen molar-refractivity contribution in [3.05, 3.63) is 12.7 Å². The Morgan fingerprint density at radius 3 is 3.07 bits per heavy atom. The Hall–Kier alpha value is -0.870. The maximum absolute atomic E-state index is 11.5. The van der Waals surface area contributed by atoms with Crippen LogP contribution in [-0.4, -0.2) is 43.0 Å². The molecule has 86 valence electrons. The van der Waals surface area contributed by atoms with Gasteiger partial charge in [-0.05, 0) is 19.4 Å². The Balaban J connectivity index is 2.33. The highest BCUT2D eigenvalue weighted by Gasteiger charge is 2.22. The molecule has 0 spiro atoms. The van der Waals surface area contributed by atoms with Gasteiger partial charge in [-0.3, -0.25) is 9.69 Å². The number of amides is 1. The van der Waals surface area contributed by atoms with Crippen molar-refractivity contribution < 1.29 is 4.79 Å². The van der Waals surface area contributed by atoms with E-state index in [1.807, 2.05) is 0 Å². The van der Waals surface area contributed by atoms with Gasteiger partial charge >= 0.3 is 0 Å². The molecule has 1 unspecified atom stereocenters. The number of carbonyl (C=O) groups is 1. The molecule has 1 aliphatic rings. The summed E-state index contributed by atoms with van der Waals surface area (Å²) in [6, 6.07) is 0.383. The van der Waals surface area contributed by atoms with Crippen molar-refractivity contribution >= 4 is 5.91 Å². The monoisotopic (exact) mass is 211 g/mol. The lowest BCUT2D eigenvalue weighted by Gasteiger charge is -2.34. The molecule has 1 saturated heterocycles. The first-order valence-electron chi connectivity index (χ1n) is 5.59. The Labute approximate surface area is 91.5 Å². The number of hydrogen-bond acceptors (Lipinski definition) is 3. The van der Waals surface area contributed by atoms with Crippen LogP contribution in [0.4, 0.5) is 0 Å². The van der Waals surface area contributed by atoms with E-state index in [0.717, 1.165) is 13.0 Å². The molecule has 1 aliphatic heterocycles. The predicted octanol–water partition coefficient (Wildman–Crippen LogP) is 0.102. The molecule has 1 atom stereocenters. The highest BCUT2D eigenvalue weighted by molar-refractivity contribution is 5.78. The molecule has 1 rings (SSSR count). The maximum atomic E-state index is 11.5. The fraction of sp³-hybridized carbons (Fsp3) is 0.727. The van der Waals surface area contributed by atoms with Gasteiger partial charge in [0.25, 0.3) is 0 Å². The van der Waals surface area contributed by atoms with E-state index in [-0.39, 0.29) is 5.91 Å². The zero-order valence-electron chi connectivity index (χ0n) is 9.24. The van der Waals surface area contributed by atoms with Gasteiger partial charge in [0.05, 0.1) is 6.54 Å². The summed E-state index contributed by atoms with van der Waals surface area (Å²) in [5.74, 6) is 0.0650.